The molecule has 4 rings (SSSR count). The van der Waals surface area contributed by atoms with Crippen LogP contribution in [0.15, 0.2) is 52.9 Å². The van der Waals surface area contributed by atoms with Crippen LogP contribution in [0.4, 0.5) is 0 Å². The van der Waals surface area contributed by atoms with Crippen molar-refractivity contribution >= 4 is 22.0 Å². The molecule has 0 atom stereocenters. The fourth-order valence-corrected chi connectivity index (χ4v) is 2.08. The highest BCUT2D eigenvalue weighted by Crippen LogP contribution is 2.13. The van der Waals surface area contributed by atoms with Crippen LogP contribution in [0, 0.1) is 13.8 Å². The van der Waals surface area contributed by atoms with Gasteiger partial charge in [-0.3, -0.25) is 5.10 Å². The fraction of sp³-hybridized carbons (Fsp3) is 0.125. The third-order valence-electron chi connectivity index (χ3n) is 3.05. The molecule has 1 N–H and O–H groups in total. The Balaban J connectivity index is 0.000000121. The van der Waals surface area contributed by atoms with E-state index in [9.17, 15) is 0 Å². The average Bonchev–Trinajstić information content (AvgIpc) is 3.02. The SMILES string of the molecule is Cc1[nH]nc2ccccc12.Cc1nc2ccccc2o1. The Labute approximate surface area is 116 Å². The van der Waals surface area contributed by atoms with Crippen molar-refractivity contribution in [2.75, 3.05) is 0 Å². The number of benzene rings is 2. The van der Waals surface area contributed by atoms with Gasteiger partial charge < -0.3 is 4.42 Å². The predicted octanol–water partition coefficient (Wildman–Crippen LogP) is 4.01. The average molecular weight is 265 g/mol. The molecule has 0 radical (unpaired) electrons. The summed E-state index contributed by atoms with van der Waals surface area (Å²) in [5.74, 6) is 0.723. The molecule has 4 heteroatoms. The number of H-pyrrole nitrogens is 1. The number of aromatic amines is 1. The van der Waals surface area contributed by atoms with Crippen LogP contribution in [-0.4, -0.2) is 15.2 Å². The van der Waals surface area contributed by atoms with E-state index in [1.165, 1.54) is 5.39 Å². The van der Waals surface area contributed by atoms with Crippen LogP contribution in [0.25, 0.3) is 22.0 Å². The van der Waals surface area contributed by atoms with Crippen LogP contribution < -0.4 is 0 Å². The zero-order chi connectivity index (χ0) is 13.9. The summed E-state index contributed by atoms with van der Waals surface area (Å²) in [7, 11) is 0. The minimum absolute atomic E-state index is 0.723. The van der Waals surface area contributed by atoms with E-state index in [0.29, 0.717) is 0 Å². The number of aromatic nitrogens is 3. The molecule has 0 bridgehead atoms. The van der Waals surface area contributed by atoms with Gasteiger partial charge in [0.15, 0.2) is 11.5 Å². The Morgan fingerprint density at radius 1 is 0.900 bits per heavy atom. The van der Waals surface area contributed by atoms with Gasteiger partial charge in [-0.15, -0.1) is 0 Å². The third-order valence-corrected chi connectivity index (χ3v) is 3.05. The molecule has 0 aliphatic carbocycles. The lowest BCUT2D eigenvalue weighted by atomic mass is 10.2. The standard InChI is InChI=1S/C8H8N2.C8H7NO/c1-6-7-4-2-3-5-8(7)10-9-6;1-6-9-7-4-2-3-5-8(7)10-6/h2-5H,1H3,(H,9,10);2-5H,1H3. The summed E-state index contributed by atoms with van der Waals surface area (Å²) in [6, 6.07) is 15.8. The molecule has 100 valence electrons. The lowest BCUT2D eigenvalue weighted by molar-refractivity contribution is 0.561. The number of hydrogen-bond acceptors (Lipinski definition) is 3. The zero-order valence-electron chi connectivity index (χ0n) is 11.4. The van der Waals surface area contributed by atoms with Crippen molar-refractivity contribution in [3.63, 3.8) is 0 Å². The molecule has 0 amide bonds. The first-order valence-electron chi connectivity index (χ1n) is 6.46. The maximum absolute atomic E-state index is 5.26. The molecule has 0 aliphatic rings. The topological polar surface area (TPSA) is 54.7 Å². The second-order valence-electron chi connectivity index (χ2n) is 4.57. The molecule has 2 heterocycles. The van der Waals surface area contributed by atoms with Crippen LogP contribution in [-0.2, 0) is 0 Å². The number of fused-ring (bicyclic) bond motifs is 2. The second-order valence-corrected chi connectivity index (χ2v) is 4.57. The Morgan fingerprint density at radius 2 is 1.60 bits per heavy atom. The molecule has 20 heavy (non-hydrogen) atoms. The first-order valence-corrected chi connectivity index (χ1v) is 6.46. The summed E-state index contributed by atoms with van der Waals surface area (Å²) >= 11 is 0. The number of para-hydroxylation sites is 3. The normalized spacial score (nSPS) is 10.5. The molecule has 2 aromatic heterocycles. The van der Waals surface area contributed by atoms with Crippen molar-refractivity contribution in [2.45, 2.75) is 13.8 Å². The molecule has 0 aliphatic heterocycles. The Morgan fingerprint density at radius 3 is 2.35 bits per heavy atom. The van der Waals surface area contributed by atoms with E-state index in [1.807, 2.05) is 56.3 Å². The predicted molar refractivity (Wildman–Crippen MR) is 79.6 cm³/mol. The summed E-state index contributed by atoms with van der Waals surface area (Å²) in [5, 5.41) is 8.23. The number of nitrogens with one attached hydrogen (secondary N) is 1. The molecule has 0 saturated carbocycles. The van der Waals surface area contributed by atoms with E-state index in [0.717, 1.165) is 28.2 Å². The van der Waals surface area contributed by atoms with Crippen molar-refractivity contribution in [3.05, 3.63) is 60.1 Å². The van der Waals surface area contributed by atoms with Crippen molar-refractivity contribution in [2.24, 2.45) is 0 Å². The van der Waals surface area contributed by atoms with Gasteiger partial charge in [0.1, 0.15) is 5.52 Å². The number of rotatable bonds is 0. The van der Waals surface area contributed by atoms with Crippen molar-refractivity contribution in [1.29, 1.82) is 0 Å². The maximum Gasteiger partial charge on any atom is 0.192 e. The quantitative estimate of drug-likeness (QED) is 0.522. The largest absolute Gasteiger partial charge is 0.441 e. The number of aryl methyl sites for hydroxylation is 2. The molecule has 0 saturated heterocycles. The van der Waals surface area contributed by atoms with Crippen LogP contribution in [0.1, 0.15) is 11.6 Å². The smallest absolute Gasteiger partial charge is 0.192 e. The first-order chi connectivity index (χ1) is 9.74. The summed E-state index contributed by atoms with van der Waals surface area (Å²) in [6.07, 6.45) is 0. The van der Waals surface area contributed by atoms with E-state index in [1.54, 1.807) is 0 Å². The van der Waals surface area contributed by atoms with Crippen molar-refractivity contribution in [1.82, 2.24) is 15.2 Å². The van der Waals surface area contributed by atoms with Crippen molar-refractivity contribution in [3.8, 4) is 0 Å². The Hall–Kier alpha value is -2.62. The molecule has 0 spiro atoms. The van der Waals surface area contributed by atoms with E-state index >= 15 is 0 Å². The summed E-state index contributed by atoms with van der Waals surface area (Å²) in [5.41, 5.74) is 3.97. The molecule has 0 fully saturated rings. The molecular formula is C16H15N3O. The highest BCUT2D eigenvalue weighted by atomic mass is 16.3. The van der Waals surface area contributed by atoms with Gasteiger partial charge in [0, 0.05) is 18.0 Å². The molecule has 4 aromatic rings. The zero-order valence-corrected chi connectivity index (χ0v) is 11.4. The highest BCUT2D eigenvalue weighted by molar-refractivity contribution is 5.80. The second kappa shape index (κ2) is 5.17. The van der Waals surface area contributed by atoms with Crippen LogP contribution in [0.5, 0.6) is 0 Å². The highest BCUT2D eigenvalue weighted by Gasteiger charge is 1.97. The van der Waals surface area contributed by atoms with E-state index in [2.05, 4.69) is 21.2 Å². The maximum atomic E-state index is 5.26. The first kappa shape index (κ1) is 12.4. The monoisotopic (exact) mass is 265 g/mol. The minimum Gasteiger partial charge on any atom is -0.441 e. The molecular weight excluding hydrogens is 250 g/mol. The Kier molecular flexibility index (Phi) is 3.21. The van der Waals surface area contributed by atoms with E-state index in [4.69, 9.17) is 4.42 Å². The number of nitrogens with zero attached hydrogens (tertiary/aromatic N) is 2. The van der Waals surface area contributed by atoms with E-state index in [-0.39, 0.29) is 0 Å². The van der Waals surface area contributed by atoms with Gasteiger partial charge in [-0.2, -0.15) is 5.10 Å². The number of oxazole rings is 1. The Bertz CT molecular complexity index is 804. The third kappa shape index (κ3) is 2.40. The summed E-state index contributed by atoms with van der Waals surface area (Å²) in [6.45, 7) is 3.87. The van der Waals surface area contributed by atoms with Gasteiger partial charge in [0.05, 0.1) is 5.52 Å². The summed E-state index contributed by atoms with van der Waals surface area (Å²) in [4.78, 5) is 4.15. The lowest BCUT2D eigenvalue weighted by Crippen LogP contribution is -1.67. The van der Waals surface area contributed by atoms with Gasteiger partial charge in [-0.25, -0.2) is 4.98 Å². The number of hydrogen-bond donors (Lipinski definition) is 1. The van der Waals surface area contributed by atoms with Gasteiger partial charge in [-0.05, 0) is 25.1 Å². The van der Waals surface area contributed by atoms with Gasteiger partial charge >= 0.3 is 0 Å². The molecule has 4 nitrogen and oxygen atoms in total. The van der Waals surface area contributed by atoms with Gasteiger partial charge in [-0.1, -0.05) is 30.3 Å². The van der Waals surface area contributed by atoms with E-state index < -0.39 is 0 Å². The van der Waals surface area contributed by atoms with Crippen LogP contribution >= 0.6 is 0 Å². The van der Waals surface area contributed by atoms with Gasteiger partial charge in [0.2, 0.25) is 0 Å². The molecule has 0 unspecified atom stereocenters. The summed E-state index contributed by atoms with van der Waals surface area (Å²) < 4.78 is 5.26. The van der Waals surface area contributed by atoms with Crippen molar-refractivity contribution < 1.29 is 4.42 Å². The van der Waals surface area contributed by atoms with Gasteiger partial charge in [0.25, 0.3) is 0 Å². The lowest BCUT2D eigenvalue weighted by Gasteiger charge is -1.84. The van der Waals surface area contributed by atoms with Crippen LogP contribution in [0.3, 0.4) is 0 Å². The fourth-order valence-electron chi connectivity index (χ4n) is 2.08. The minimum atomic E-state index is 0.723. The molecule has 2 aromatic carbocycles. The van der Waals surface area contributed by atoms with Crippen LogP contribution in [0.2, 0.25) is 0 Å².